The molecule has 0 fully saturated rings. The highest BCUT2D eigenvalue weighted by Gasteiger charge is 2.23. The molecular weight excluding hydrogens is 356 g/mol. The minimum Gasteiger partial charge on any atom is -0.508 e. The summed E-state index contributed by atoms with van der Waals surface area (Å²) in [6, 6.07) is 15.2. The van der Waals surface area contributed by atoms with Gasteiger partial charge in [-0.05, 0) is 30.3 Å². The fraction of sp³-hybridized carbons (Fsp3) is 0.190. The lowest BCUT2D eigenvalue weighted by atomic mass is 9.92. The van der Waals surface area contributed by atoms with Crippen molar-refractivity contribution in [2.45, 2.75) is 26.2 Å². The topological polar surface area (TPSA) is 99.7 Å². The van der Waals surface area contributed by atoms with E-state index in [0.717, 1.165) is 11.4 Å². The summed E-state index contributed by atoms with van der Waals surface area (Å²) in [7, 11) is 0. The van der Waals surface area contributed by atoms with Crippen molar-refractivity contribution >= 4 is 12.1 Å². The molecule has 1 amide bonds. The number of rotatable bonds is 4. The summed E-state index contributed by atoms with van der Waals surface area (Å²) in [6.45, 7) is 6.08. The number of amides is 1. The van der Waals surface area contributed by atoms with Crippen LogP contribution in [0.3, 0.4) is 0 Å². The number of aromatic hydroxyl groups is 2. The maximum atomic E-state index is 12.7. The first-order valence-corrected chi connectivity index (χ1v) is 8.77. The Balaban J connectivity index is 1.88. The number of carbonyl (C=O) groups excluding carboxylic acids is 1. The number of hydrazone groups is 1. The van der Waals surface area contributed by atoms with Gasteiger partial charge in [0.15, 0.2) is 0 Å². The predicted molar refractivity (Wildman–Crippen MR) is 107 cm³/mol. The summed E-state index contributed by atoms with van der Waals surface area (Å²) in [5.74, 6) is -0.621. The molecule has 0 spiro atoms. The Labute approximate surface area is 163 Å². The van der Waals surface area contributed by atoms with Crippen LogP contribution in [-0.2, 0) is 5.41 Å². The third-order valence-corrected chi connectivity index (χ3v) is 4.09. The second kappa shape index (κ2) is 7.56. The van der Waals surface area contributed by atoms with Crippen LogP contribution in [0.4, 0.5) is 0 Å². The van der Waals surface area contributed by atoms with Crippen LogP contribution in [0, 0.1) is 0 Å². The highest BCUT2D eigenvalue weighted by Crippen LogP contribution is 2.24. The molecule has 0 aliphatic carbocycles. The van der Waals surface area contributed by atoms with Crippen molar-refractivity contribution in [3.8, 4) is 17.2 Å². The number of hydrogen-bond acceptors (Lipinski definition) is 5. The zero-order valence-electron chi connectivity index (χ0n) is 15.9. The van der Waals surface area contributed by atoms with Gasteiger partial charge in [-0.1, -0.05) is 39.0 Å². The molecule has 1 heterocycles. The highest BCUT2D eigenvalue weighted by molar-refractivity contribution is 5.94. The number of phenols is 2. The van der Waals surface area contributed by atoms with Crippen LogP contribution < -0.4 is 5.43 Å². The van der Waals surface area contributed by atoms with Gasteiger partial charge in [-0.2, -0.15) is 10.2 Å². The van der Waals surface area contributed by atoms with Crippen molar-refractivity contribution < 1.29 is 15.0 Å². The van der Waals surface area contributed by atoms with Crippen LogP contribution in [0.25, 0.3) is 5.69 Å². The molecule has 1 aromatic heterocycles. The van der Waals surface area contributed by atoms with Crippen molar-refractivity contribution in [1.82, 2.24) is 15.2 Å². The lowest BCUT2D eigenvalue weighted by Crippen LogP contribution is -2.21. The minimum absolute atomic E-state index is 0.0554. The van der Waals surface area contributed by atoms with E-state index in [1.807, 2.05) is 51.1 Å². The summed E-state index contributed by atoms with van der Waals surface area (Å²) >= 11 is 0. The minimum atomic E-state index is -0.429. The zero-order chi connectivity index (χ0) is 20.3. The van der Waals surface area contributed by atoms with Crippen molar-refractivity contribution in [3.05, 3.63) is 71.5 Å². The Hall–Kier alpha value is -3.61. The third kappa shape index (κ3) is 4.20. The number of nitrogens with one attached hydrogen (secondary N) is 1. The Morgan fingerprint density at radius 1 is 1.11 bits per heavy atom. The molecule has 0 aliphatic heterocycles. The molecule has 7 heteroatoms. The molecule has 0 aliphatic rings. The fourth-order valence-electron chi connectivity index (χ4n) is 2.53. The number of aromatic nitrogens is 2. The van der Waals surface area contributed by atoms with Crippen LogP contribution in [0.5, 0.6) is 11.5 Å². The third-order valence-electron chi connectivity index (χ3n) is 4.09. The smallest absolute Gasteiger partial charge is 0.290 e. The highest BCUT2D eigenvalue weighted by atomic mass is 16.3. The van der Waals surface area contributed by atoms with Gasteiger partial charge in [0.2, 0.25) is 0 Å². The van der Waals surface area contributed by atoms with E-state index in [1.165, 1.54) is 24.4 Å². The second-order valence-electron chi connectivity index (χ2n) is 7.35. The van der Waals surface area contributed by atoms with Crippen molar-refractivity contribution in [1.29, 1.82) is 0 Å². The van der Waals surface area contributed by atoms with E-state index in [1.54, 1.807) is 10.7 Å². The van der Waals surface area contributed by atoms with E-state index in [2.05, 4.69) is 15.6 Å². The standard InChI is InChI=1S/C21H22N4O3/c1-21(2,3)19-12-17(25(24-19)15-7-5-4-6-8-15)20(28)23-22-13-14-9-10-16(26)11-18(14)27/h4-13,26-27H,1-3H3,(H,23,28). The first-order chi connectivity index (χ1) is 13.3. The number of para-hydroxylation sites is 1. The van der Waals surface area contributed by atoms with E-state index in [0.29, 0.717) is 11.3 Å². The molecule has 0 radical (unpaired) electrons. The molecule has 0 saturated carbocycles. The maximum Gasteiger partial charge on any atom is 0.290 e. The molecule has 3 rings (SSSR count). The van der Waals surface area contributed by atoms with Crippen molar-refractivity contribution in [2.24, 2.45) is 5.10 Å². The monoisotopic (exact) mass is 378 g/mol. The first-order valence-electron chi connectivity index (χ1n) is 8.77. The summed E-state index contributed by atoms with van der Waals surface area (Å²) in [4.78, 5) is 12.7. The number of carbonyl (C=O) groups is 1. The van der Waals surface area contributed by atoms with Crippen LogP contribution >= 0.6 is 0 Å². The van der Waals surface area contributed by atoms with E-state index >= 15 is 0 Å². The number of phenolic OH excluding ortho intramolecular Hbond substituents is 2. The van der Waals surface area contributed by atoms with Crippen LogP contribution in [0.15, 0.2) is 59.7 Å². The summed E-state index contributed by atoms with van der Waals surface area (Å²) in [5, 5.41) is 27.6. The SMILES string of the molecule is CC(C)(C)c1cc(C(=O)NN=Cc2ccc(O)cc2O)n(-c2ccccc2)n1. The number of nitrogens with zero attached hydrogens (tertiary/aromatic N) is 3. The summed E-state index contributed by atoms with van der Waals surface area (Å²) < 4.78 is 1.59. The average molecular weight is 378 g/mol. The van der Waals surface area contributed by atoms with Gasteiger partial charge in [0.05, 0.1) is 17.6 Å². The molecule has 0 unspecified atom stereocenters. The molecule has 7 nitrogen and oxygen atoms in total. The molecule has 144 valence electrons. The first kappa shape index (κ1) is 19.2. The van der Waals surface area contributed by atoms with E-state index in [9.17, 15) is 15.0 Å². The summed E-state index contributed by atoms with van der Waals surface area (Å²) in [6.07, 6.45) is 1.31. The molecule has 3 N–H and O–H groups in total. The normalized spacial score (nSPS) is 11.7. The fourth-order valence-corrected chi connectivity index (χ4v) is 2.53. The van der Waals surface area contributed by atoms with Gasteiger partial charge >= 0.3 is 0 Å². The largest absolute Gasteiger partial charge is 0.508 e. The van der Waals surface area contributed by atoms with Gasteiger partial charge in [-0.15, -0.1) is 0 Å². The summed E-state index contributed by atoms with van der Waals surface area (Å²) in [5.41, 5.74) is 4.50. The van der Waals surface area contributed by atoms with Crippen molar-refractivity contribution in [3.63, 3.8) is 0 Å². The molecule has 0 atom stereocenters. The van der Waals surface area contributed by atoms with Gasteiger partial charge in [0.1, 0.15) is 17.2 Å². The Morgan fingerprint density at radius 3 is 2.46 bits per heavy atom. The van der Waals surface area contributed by atoms with Crippen LogP contribution in [0.2, 0.25) is 0 Å². The van der Waals surface area contributed by atoms with Crippen LogP contribution in [-0.4, -0.2) is 32.1 Å². The predicted octanol–water partition coefficient (Wildman–Crippen LogP) is 3.34. The second-order valence-corrected chi connectivity index (χ2v) is 7.35. The van der Waals surface area contributed by atoms with E-state index in [-0.39, 0.29) is 16.9 Å². The quantitative estimate of drug-likeness (QED) is 0.479. The molecule has 3 aromatic rings. The molecule has 28 heavy (non-hydrogen) atoms. The Bertz CT molecular complexity index is 1020. The van der Waals surface area contributed by atoms with Crippen LogP contribution in [0.1, 0.15) is 42.5 Å². The molecule has 2 aromatic carbocycles. The van der Waals surface area contributed by atoms with Gasteiger partial charge < -0.3 is 10.2 Å². The van der Waals surface area contributed by atoms with E-state index in [4.69, 9.17) is 0 Å². The van der Waals surface area contributed by atoms with E-state index < -0.39 is 5.91 Å². The van der Waals surface area contributed by atoms with Crippen molar-refractivity contribution in [2.75, 3.05) is 0 Å². The Kier molecular flexibility index (Phi) is 5.17. The molecule has 0 bridgehead atoms. The lowest BCUT2D eigenvalue weighted by Gasteiger charge is -2.14. The number of hydrogen-bond donors (Lipinski definition) is 3. The number of benzene rings is 2. The molecule has 0 saturated heterocycles. The Morgan fingerprint density at radius 2 is 1.82 bits per heavy atom. The van der Waals surface area contributed by atoms with Gasteiger partial charge in [0.25, 0.3) is 5.91 Å². The lowest BCUT2D eigenvalue weighted by molar-refractivity contribution is 0.0947. The van der Waals surface area contributed by atoms with Gasteiger partial charge in [-0.3, -0.25) is 4.79 Å². The molecular formula is C21H22N4O3. The maximum absolute atomic E-state index is 12.7. The van der Waals surface area contributed by atoms with Gasteiger partial charge in [0, 0.05) is 17.0 Å². The zero-order valence-corrected chi connectivity index (χ0v) is 15.9. The van der Waals surface area contributed by atoms with Gasteiger partial charge in [-0.25, -0.2) is 10.1 Å². The average Bonchev–Trinajstić information content (AvgIpc) is 3.10.